The maximum atomic E-state index is 13.3. The predicted molar refractivity (Wildman–Crippen MR) is 308 cm³/mol. The third-order valence-corrected chi connectivity index (χ3v) is 15.0. The standard InChI is InChI=1S/C28H25N3O9S.C24H24O9.C6H5N3O2S/c1-15(32)40-28(2)19(14-37-25(34)16-9-5-3-6-10-16)38-24(22(28)39-26(35)17-11-7-4-8-12-17)31-18-13-20(29)30-23(33)21(18)41-27(31)36;1-15(25)30-23-20(32-22(28)18-12-8-5-9-13-18)24(3,33-16(2)26)19(31-23)14-29-21(27)17-10-6-4-7-11-17;7-3-1-2-4(5(10)9-3)12-6(11)8-2/h3-13,19,22,24H,14H2,1-2H3,(H3,29,30,33);4-13,19-20,23H,14H2,1-3H3;1H,(H,8,11)(H3,7,9,10)/t19-,22+,24-,28-;19-,20+,23?,24-;/m11./s1. The van der Waals surface area contributed by atoms with E-state index in [0.717, 1.165) is 29.8 Å². The van der Waals surface area contributed by atoms with Gasteiger partial charge >= 0.3 is 51.5 Å². The Hall–Kier alpha value is -10.0. The molecule has 2 saturated heterocycles. The summed E-state index contributed by atoms with van der Waals surface area (Å²) in [6, 6.07) is 35.6. The summed E-state index contributed by atoms with van der Waals surface area (Å²) >= 11 is 1.52. The summed E-state index contributed by atoms with van der Waals surface area (Å²) in [4.78, 5) is 141. The van der Waals surface area contributed by atoms with Crippen molar-refractivity contribution in [3.8, 4) is 0 Å². The number of H-pyrrole nitrogens is 3. The normalized spacial score (nSPS) is 21.1. The molecule has 1 unspecified atom stereocenters. The minimum absolute atomic E-state index is 0.0130. The lowest BCUT2D eigenvalue weighted by molar-refractivity contribution is -0.188. The molecular formula is C58H54N6O20S2. The van der Waals surface area contributed by atoms with Crippen LogP contribution in [0, 0.1) is 0 Å². The topological polar surface area (TPSA) is 375 Å². The molecule has 4 aromatic heterocycles. The Bertz CT molecular complexity index is 4060. The van der Waals surface area contributed by atoms with Crippen LogP contribution in [0.2, 0.25) is 0 Å². The van der Waals surface area contributed by atoms with Gasteiger partial charge in [-0.1, -0.05) is 95.5 Å². The average Bonchev–Trinajstić information content (AvgIpc) is 1.61. The van der Waals surface area contributed by atoms with Crippen molar-refractivity contribution >= 4 is 96.5 Å². The number of nitrogens with zero attached hydrogens (tertiary/aromatic N) is 1. The molecule has 2 fully saturated rings. The second kappa shape index (κ2) is 26.7. The van der Waals surface area contributed by atoms with Gasteiger partial charge in [-0.15, -0.1) is 0 Å². The quantitative estimate of drug-likeness (QED) is 0.0692. The summed E-state index contributed by atoms with van der Waals surface area (Å²) in [7, 11) is 0. The smallest absolute Gasteiger partial charge is 0.338 e. The third kappa shape index (κ3) is 14.3. The highest BCUT2D eigenvalue weighted by molar-refractivity contribution is 7.16. The van der Waals surface area contributed by atoms with Gasteiger partial charge in [-0.2, -0.15) is 0 Å². The molecule has 0 spiro atoms. The van der Waals surface area contributed by atoms with Crippen LogP contribution in [-0.4, -0.2) is 116 Å². The van der Waals surface area contributed by atoms with Gasteiger partial charge in [0.15, 0.2) is 23.5 Å². The Kier molecular flexibility index (Phi) is 19.3. The van der Waals surface area contributed by atoms with Crippen LogP contribution in [-0.2, 0) is 57.0 Å². The number of benzene rings is 4. The zero-order chi connectivity index (χ0) is 62.0. The van der Waals surface area contributed by atoms with E-state index in [2.05, 4.69) is 15.0 Å². The Morgan fingerprint density at radius 2 is 0.942 bits per heavy atom. The molecule has 0 amide bonds. The van der Waals surface area contributed by atoms with Gasteiger partial charge in [0.25, 0.3) is 11.1 Å². The van der Waals surface area contributed by atoms with Crippen LogP contribution in [0.4, 0.5) is 11.6 Å². The van der Waals surface area contributed by atoms with Gasteiger partial charge in [0, 0.05) is 32.9 Å². The first-order valence-corrected chi connectivity index (χ1v) is 27.5. The van der Waals surface area contributed by atoms with Gasteiger partial charge in [-0.3, -0.25) is 38.1 Å². The summed E-state index contributed by atoms with van der Waals surface area (Å²) in [6.07, 6.45) is -7.81. The number of carbonyl (C=O) groups is 7. The van der Waals surface area contributed by atoms with Crippen molar-refractivity contribution in [2.24, 2.45) is 0 Å². The molecule has 7 N–H and O–H groups in total. The predicted octanol–water partition coefficient (Wildman–Crippen LogP) is 5.17. The zero-order valence-electron chi connectivity index (χ0n) is 46.2. The molecule has 0 bridgehead atoms. The largest absolute Gasteiger partial charge is 0.459 e. The van der Waals surface area contributed by atoms with Gasteiger partial charge < -0.3 is 69.1 Å². The summed E-state index contributed by atoms with van der Waals surface area (Å²) in [5, 5.41) is 0. The minimum Gasteiger partial charge on any atom is -0.459 e. The van der Waals surface area contributed by atoms with E-state index in [0.29, 0.717) is 27.1 Å². The number of nitrogens with two attached hydrogens (primary N) is 2. The SMILES string of the molecule is CC(=O)OC1O[C@H](COC(=O)c2ccccc2)[C@@](C)(OC(C)=O)[C@H]1OC(=O)c1ccccc1.CC(=O)O[C@]1(C)[C@@H](COC(=O)c2ccccc2)O[C@@H](n2c(=O)sc3c(=O)[nH]c(N)cc32)[C@@H]1OC(=O)c1ccccc1.Nc1cc2[nH]c(=O)sc2c(=O)[nH]1. The molecule has 28 heteroatoms. The van der Waals surface area contributed by atoms with Gasteiger partial charge in [0.1, 0.15) is 46.5 Å². The van der Waals surface area contributed by atoms with Crippen LogP contribution in [0.3, 0.4) is 0 Å². The molecule has 10 rings (SSSR count). The van der Waals surface area contributed by atoms with Gasteiger partial charge in [0.2, 0.25) is 12.4 Å². The fraction of sp³-hybridized carbons (Fsp3) is 0.259. The molecule has 0 saturated carbocycles. The number of hydrogen-bond acceptors (Lipinski definition) is 24. The first kappa shape index (κ1) is 62.0. The van der Waals surface area contributed by atoms with Crippen molar-refractivity contribution in [1.29, 1.82) is 0 Å². The Morgan fingerprint density at radius 1 is 0.523 bits per heavy atom. The van der Waals surface area contributed by atoms with Crippen LogP contribution in [0.5, 0.6) is 0 Å². The molecule has 4 aromatic carbocycles. The van der Waals surface area contributed by atoms with Crippen LogP contribution >= 0.6 is 22.7 Å². The number of nitrogen functional groups attached to an aromatic ring is 2. The molecule has 0 radical (unpaired) electrons. The number of fused-ring (bicyclic) bond motifs is 2. The van der Waals surface area contributed by atoms with Gasteiger partial charge in [0.05, 0.1) is 33.3 Å². The van der Waals surface area contributed by atoms with Crippen molar-refractivity contribution in [3.63, 3.8) is 0 Å². The van der Waals surface area contributed by atoms with E-state index in [1.165, 1.54) is 45.0 Å². The lowest BCUT2D eigenvalue weighted by atomic mass is 9.93. The van der Waals surface area contributed by atoms with E-state index in [4.69, 9.17) is 54.1 Å². The van der Waals surface area contributed by atoms with E-state index in [9.17, 15) is 52.7 Å². The number of hydrogen-bond donors (Lipinski definition) is 5. The van der Waals surface area contributed by atoms with Crippen molar-refractivity contribution in [3.05, 3.63) is 196 Å². The van der Waals surface area contributed by atoms with Gasteiger partial charge in [-0.25, -0.2) is 19.2 Å². The second-order valence-electron chi connectivity index (χ2n) is 19.3. The Labute approximate surface area is 493 Å². The molecule has 2 aliphatic heterocycles. The first-order valence-electron chi connectivity index (χ1n) is 25.8. The highest BCUT2D eigenvalue weighted by Gasteiger charge is 2.62. The molecule has 0 aliphatic carbocycles. The average molecular weight is 1220 g/mol. The number of esters is 7. The summed E-state index contributed by atoms with van der Waals surface area (Å²) in [5.74, 6) is -4.70. The monoisotopic (exact) mass is 1220 g/mol. The van der Waals surface area contributed by atoms with Crippen LogP contribution in [0.1, 0.15) is 82.3 Å². The summed E-state index contributed by atoms with van der Waals surface area (Å²) < 4.78 is 52.2. The van der Waals surface area contributed by atoms with Crippen LogP contribution in [0.25, 0.3) is 20.4 Å². The maximum absolute atomic E-state index is 13.3. The van der Waals surface area contributed by atoms with Crippen molar-refractivity contribution < 1.29 is 76.2 Å². The maximum Gasteiger partial charge on any atom is 0.338 e. The molecule has 86 heavy (non-hydrogen) atoms. The van der Waals surface area contributed by atoms with Crippen LogP contribution < -0.4 is 32.3 Å². The number of aromatic nitrogens is 4. The lowest BCUT2D eigenvalue weighted by Crippen LogP contribution is -2.52. The van der Waals surface area contributed by atoms with E-state index < -0.39 is 107 Å². The molecule has 8 aromatic rings. The molecule has 26 nitrogen and oxygen atoms in total. The number of pyridine rings is 2. The molecular weight excluding hydrogens is 1160 g/mol. The number of ether oxygens (including phenoxy) is 9. The molecule has 6 heterocycles. The highest BCUT2D eigenvalue weighted by atomic mass is 32.1. The number of carbonyl (C=O) groups excluding carboxylic acids is 7. The van der Waals surface area contributed by atoms with Crippen molar-refractivity contribution in [2.75, 3.05) is 24.7 Å². The minimum atomic E-state index is -1.74. The number of anilines is 2. The van der Waals surface area contributed by atoms with E-state index in [1.54, 1.807) is 109 Å². The first-order chi connectivity index (χ1) is 40.9. The van der Waals surface area contributed by atoms with Crippen LogP contribution in [0.15, 0.2) is 153 Å². The summed E-state index contributed by atoms with van der Waals surface area (Å²) in [5.41, 5.74) is 8.58. The van der Waals surface area contributed by atoms with E-state index in [-0.39, 0.29) is 55.6 Å². The molecule has 448 valence electrons. The Morgan fingerprint density at radius 3 is 1.41 bits per heavy atom. The molecule has 2 aliphatic rings. The Balaban J connectivity index is 0.000000190. The zero-order valence-corrected chi connectivity index (χ0v) is 47.8. The molecule has 8 atom stereocenters. The number of nitrogens with one attached hydrogen (secondary N) is 3. The van der Waals surface area contributed by atoms with Crippen molar-refractivity contribution in [1.82, 2.24) is 19.5 Å². The highest BCUT2D eigenvalue weighted by Crippen LogP contribution is 2.44. The second-order valence-corrected chi connectivity index (χ2v) is 21.2. The fourth-order valence-electron chi connectivity index (χ4n) is 9.17. The number of aromatic amines is 3. The lowest BCUT2D eigenvalue weighted by Gasteiger charge is -2.33. The number of rotatable bonds is 14. The third-order valence-electron chi connectivity index (χ3n) is 13.1. The van der Waals surface area contributed by atoms with Gasteiger partial charge in [-0.05, 0) is 62.4 Å². The number of thiazole rings is 2. The van der Waals surface area contributed by atoms with E-state index >= 15 is 0 Å². The fourth-order valence-corrected chi connectivity index (χ4v) is 10.8. The summed E-state index contributed by atoms with van der Waals surface area (Å²) in [6.45, 7) is 5.63. The van der Waals surface area contributed by atoms with Crippen molar-refractivity contribution in [2.45, 2.75) is 82.8 Å². The van der Waals surface area contributed by atoms with E-state index in [1.807, 2.05) is 0 Å².